The van der Waals surface area contributed by atoms with E-state index < -0.39 is 0 Å². The Morgan fingerprint density at radius 1 is 1.15 bits per heavy atom. The summed E-state index contributed by atoms with van der Waals surface area (Å²) < 4.78 is 17.4. The van der Waals surface area contributed by atoms with E-state index in [1.54, 1.807) is 7.11 Å². The number of carbonyl (C=O) groups is 1. The molecular weight excluding hydrogens is 366 g/mol. The lowest BCUT2D eigenvalue weighted by Gasteiger charge is -2.20. The van der Waals surface area contributed by atoms with Crippen molar-refractivity contribution in [2.24, 2.45) is 0 Å². The van der Waals surface area contributed by atoms with Crippen LogP contribution < -0.4 is 14.2 Å². The van der Waals surface area contributed by atoms with E-state index in [1.807, 2.05) is 42.5 Å². The minimum absolute atomic E-state index is 0.0348. The van der Waals surface area contributed by atoms with E-state index in [0.29, 0.717) is 23.2 Å². The Hall–Kier alpha value is -3.00. The van der Waals surface area contributed by atoms with Gasteiger partial charge < -0.3 is 14.2 Å². The SMILES string of the molecule is COc1ccc(-c2nc3n(n2)C(=O)C[C@@H](c2ccc4c(c2)OCO4)S3)cc1. The van der Waals surface area contributed by atoms with Crippen LogP contribution in [0.2, 0.25) is 0 Å². The maximum Gasteiger partial charge on any atom is 0.250 e. The molecule has 2 aromatic carbocycles. The van der Waals surface area contributed by atoms with Gasteiger partial charge in [0.15, 0.2) is 22.5 Å². The fourth-order valence-corrected chi connectivity index (χ4v) is 4.26. The van der Waals surface area contributed by atoms with E-state index in [4.69, 9.17) is 14.2 Å². The van der Waals surface area contributed by atoms with E-state index in [0.717, 1.165) is 22.6 Å². The van der Waals surface area contributed by atoms with E-state index in [2.05, 4.69) is 10.1 Å². The third-order valence-electron chi connectivity index (χ3n) is 4.54. The third kappa shape index (κ3) is 2.82. The van der Waals surface area contributed by atoms with Gasteiger partial charge >= 0.3 is 0 Å². The molecule has 0 saturated carbocycles. The van der Waals surface area contributed by atoms with Crippen LogP contribution in [0.15, 0.2) is 47.6 Å². The number of ether oxygens (including phenoxy) is 3. The summed E-state index contributed by atoms with van der Waals surface area (Å²) in [5.41, 5.74) is 1.85. The molecule has 3 aromatic rings. The molecule has 0 bridgehead atoms. The van der Waals surface area contributed by atoms with Crippen molar-refractivity contribution < 1.29 is 19.0 Å². The van der Waals surface area contributed by atoms with Crippen LogP contribution in [0, 0.1) is 0 Å². The summed E-state index contributed by atoms with van der Waals surface area (Å²) in [6.07, 6.45) is 0.350. The Balaban J connectivity index is 1.45. The molecular formula is C19H15N3O4S. The summed E-state index contributed by atoms with van der Waals surface area (Å²) in [7, 11) is 1.62. The molecule has 3 heterocycles. The molecule has 0 fully saturated rings. The zero-order valence-corrected chi connectivity index (χ0v) is 15.2. The number of rotatable bonds is 3. The van der Waals surface area contributed by atoms with Gasteiger partial charge in [-0.1, -0.05) is 17.8 Å². The number of carbonyl (C=O) groups excluding carboxylic acids is 1. The summed E-state index contributed by atoms with van der Waals surface area (Å²) in [5, 5.41) is 4.96. The van der Waals surface area contributed by atoms with Gasteiger partial charge in [-0.25, -0.2) is 4.98 Å². The highest BCUT2D eigenvalue weighted by Crippen LogP contribution is 2.44. The van der Waals surface area contributed by atoms with Crippen molar-refractivity contribution in [2.75, 3.05) is 13.9 Å². The normalized spacial score (nSPS) is 17.7. The van der Waals surface area contributed by atoms with Gasteiger partial charge in [-0.3, -0.25) is 4.79 Å². The molecule has 8 heteroatoms. The van der Waals surface area contributed by atoms with Gasteiger partial charge in [0.25, 0.3) is 5.91 Å². The number of fused-ring (bicyclic) bond motifs is 2. The summed E-state index contributed by atoms with van der Waals surface area (Å²) in [4.78, 5) is 17.2. The lowest BCUT2D eigenvalue weighted by molar-refractivity contribution is 0.0868. The first-order chi connectivity index (χ1) is 13.2. The Morgan fingerprint density at radius 2 is 1.96 bits per heavy atom. The second kappa shape index (κ2) is 6.31. The molecule has 2 aliphatic heterocycles. The minimum Gasteiger partial charge on any atom is -0.497 e. The van der Waals surface area contributed by atoms with Gasteiger partial charge in [-0.15, -0.1) is 5.10 Å². The predicted octanol–water partition coefficient (Wildman–Crippen LogP) is 3.56. The Morgan fingerprint density at radius 3 is 2.78 bits per heavy atom. The topological polar surface area (TPSA) is 75.5 Å². The first-order valence-corrected chi connectivity index (χ1v) is 9.30. The van der Waals surface area contributed by atoms with Crippen LogP contribution in [0.5, 0.6) is 17.2 Å². The molecule has 7 nitrogen and oxygen atoms in total. The quantitative estimate of drug-likeness (QED) is 0.687. The number of aromatic nitrogens is 3. The molecule has 0 N–H and O–H groups in total. The smallest absolute Gasteiger partial charge is 0.250 e. The number of benzene rings is 2. The van der Waals surface area contributed by atoms with Gasteiger partial charge in [0.2, 0.25) is 6.79 Å². The van der Waals surface area contributed by atoms with Gasteiger partial charge in [-0.05, 0) is 42.0 Å². The van der Waals surface area contributed by atoms with Crippen molar-refractivity contribution in [2.45, 2.75) is 16.8 Å². The first kappa shape index (κ1) is 16.2. The lowest BCUT2D eigenvalue weighted by Crippen LogP contribution is -2.20. The summed E-state index contributed by atoms with van der Waals surface area (Å²) in [6, 6.07) is 13.2. The molecule has 0 saturated heterocycles. The van der Waals surface area contributed by atoms with Gasteiger partial charge in [-0.2, -0.15) is 4.68 Å². The van der Waals surface area contributed by atoms with Crippen LogP contribution in [-0.4, -0.2) is 34.6 Å². The third-order valence-corrected chi connectivity index (χ3v) is 5.74. The highest BCUT2D eigenvalue weighted by molar-refractivity contribution is 7.99. The van der Waals surface area contributed by atoms with Gasteiger partial charge in [0, 0.05) is 17.2 Å². The van der Waals surface area contributed by atoms with Crippen LogP contribution >= 0.6 is 11.8 Å². The zero-order chi connectivity index (χ0) is 18.4. The monoisotopic (exact) mass is 381 g/mol. The lowest BCUT2D eigenvalue weighted by atomic mass is 10.1. The number of hydrogen-bond donors (Lipinski definition) is 0. The fraction of sp³-hybridized carbons (Fsp3) is 0.211. The Kier molecular flexibility index (Phi) is 3.78. The number of nitrogens with zero attached hydrogens (tertiary/aromatic N) is 3. The molecule has 136 valence electrons. The van der Waals surface area contributed by atoms with Crippen molar-refractivity contribution in [1.29, 1.82) is 0 Å². The molecule has 0 spiro atoms. The summed E-state index contributed by atoms with van der Waals surface area (Å²) >= 11 is 1.53. The van der Waals surface area contributed by atoms with Crippen LogP contribution in [0.1, 0.15) is 22.0 Å². The second-order valence-electron chi connectivity index (χ2n) is 6.18. The van der Waals surface area contributed by atoms with E-state index in [-0.39, 0.29) is 18.0 Å². The Bertz CT molecular complexity index is 1030. The number of hydrogen-bond acceptors (Lipinski definition) is 7. The van der Waals surface area contributed by atoms with Crippen molar-refractivity contribution in [3.05, 3.63) is 48.0 Å². The maximum absolute atomic E-state index is 12.6. The van der Waals surface area contributed by atoms with Gasteiger partial charge in [0.05, 0.1) is 7.11 Å². The molecule has 27 heavy (non-hydrogen) atoms. The van der Waals surface area contributed by atoms with Crippen molar-refractivity contribution in [1.82, 2.24) is 14.8 Å². The average molecular weight is 381 g/mol. The zero-order valence-electron chi connectivity index (χ0n) is 14.4. The van der Waals surface area contributed by atoms with Gasteiger partial charge in [0.1, 0.15) is 5.75 Å². The number of methoxy groups -OCH3 is 1. The van der Waals surface area contributed by atoms with Crippen LogP contribution in [-0.2, 0) is 0 Å². The molecule has 0 aliphatic carbocycles. The van der Waals surface area contributed by atoms with Crippen molar-refractivity contribution >= 4 is 17.7 Å². The fourth-order valence-electron chi connectivity index (χ4n) is 3.11. The highest BCUT2D eigenvalue weighted by Gasteiger charge is 2.31. The van der Waals surface area contributed by atoms with Crippen molar-refractivity contribution in [3.8, 4) is 28.6 Å². The van der Waals surface area contributed by atoms with Crippen molar-refractivity contribution in [3.63, 3.8) is 0 Å². The van der Waals surface area contributed by atoms with Crippen LogP contribution in [0.3, 0.4) is 0 Å². The van der Waals surface area contributed by atoms with E-state index in [9.17, 15) is 4.79 Å². The summed E-state index contributed by atoms with van der Waals surface area (Å²) in [5.74, 6) is 2.66. The molecule has 0 unspecified atom stereocenters. The molecule has 0 amide bonds. The first-order valence-electron chi connectivity index (χ1n) is 8.42. The second-order valence-corrected chi connectivity index (χ2v) is 7.35. The molecule has 1 atom stereocenters. The standard InChI is InChI=1S/C19H15N3O4S/c1-24-13-5-2-11(3-6-13)18-20-19-22(21-18)17(23)9-16(27-19)12-4-7-14-15(8-12)26-10-25-14/h2-8,16H,9-10H2,1H3/t16-/m0/s1. The molecule has 0 radical (unpaired) electrons. The Labute approximate surface area is 159 Å². The predicted molar refractivity (Wildman–Crippen MR) is 98.4 cm³/mol. The minimum atomic E-state index is -0.0707. The van der Waals surface area contributed by atoms with Crippen LogP contribution in [0.4, 0.5) is 0 Å². The van der Waals surface area contributed by atoms with E-state index in [1.165, 1.54) is 16.4 Å². The van der Waals surface area contributed by atoms with Crippen LogP contribution in [0.25, 0.3) is 11.4 Å². The maximum atomic E-state index is 12.6. The molecule has 5 rings (SSSR count). The summed E-state index contributed by atoms with van der Waals surface area (Å²) in [6.45, 7) is 0.231. The number of thioether (sulfide) groups is 1. The average Bonchev–Trinajstić information content (AvgIpc) is 3.34. The molecule has 2 aliphatic rings. The largest absolute Gasteiger partial charge is 0.497 e. The van der Waals surface area contributed by atoms with E-state index >= 15 is 0 Å². The highest BCUT2D eigenvalue weighted by atomic mass is 32.2. The molecule has 1 aromatic heterocycles.